The average Bonchev–Trinajstić information content (AvgIpc) is 3.34. The number of benzene rings is 3. The molecule has 1 N–H and O–H groups in total. The minimum Gasteiger partial charge on any atom is -0.364 e. The fraction of sp³-hybridized carbons (Fsp3) is 0.222. The van der Waals surface area contributed by atoms with Crippen LogP contribution in [-0.4, -0.2) is 63.5 Å². The third kappa shape index (κ3) is 4.98. The summed E-state index contributed by atoms with van der Waals surface area (Å²) in [5.41, 5.74) is 1.96. The first-order valence-corrected chi connectivity index (χ1v) is 12.8. The van der Waals surface area contributed by atoms with E-state index in [2.05, 4.69) is 15.5 Å². The van der Waals surface area contributed by atoms with Crippen LogP contribution in [0.1, 0.15) is 33.0 Å². The van der Waals surface area contributed by atoms with Crippen molar-refractivity contribution in [2.45, 2.75) is 18.0 Å². The number of carbonyl (C=O) groups is 3. The number of imide groups is 1. The third-order valence-electron chi connectivity index (χ3n) is 6.10. The summed E-state index contributed by atoms with van der Waals surface area (Å²) in [7, 11) is 1.51. The fourth-order valence-corrected chi connectivity index (χ4v) is 5.21. The Morgan fingerprint density at radius 2 is 1.65 bits per heavy atom. The van der Waals surface area contributed by atoms with E-state index in [9.17, 15) is 14.4 Å². The van der Waals surface area contributed by atoms with Crippen molar-refractivity contribution in [1.29, 1.82) is 0 Å². The van der Waals surface area contributed by atoms with E-state index in [0.29, 0.717) is 34.9 Å². The molecule has 0 saturated heterocycles. The van der Waals surface area contributed by atoms with Crippen molar-refractivity contribution >= 4 is 40.3 Å². The molecule has 9 nitrogen and oxygen atoms in total. The lowest BCUT2D eigenvalue weighted by atomic mass is 9.94. The molecule has 0 atom stereocenters. The second kappa shape index (κ2) is 10.9. The van der Waals surface area contributed by atoms with Crippen LogP contribution < -0.4 is 5.32 Å². The summed E-state index contributed by atoms with van der Waals surface area (Å²) in [6.07, 6.45) is 1.00. The number of hydrogen-bond donors (Lipinski definition) is 1. The normalized spacial score (nSPS) is 12.8. The number of aryl methyl sites for hydroxylation is 1. The second-order valence-electron chi connectivity index (χ2n) is 8.47. The monoisotopic (exact) mass is 515 g/mol. The Labute approximate surface area is 217 Å². The number of para-hydroxylation sites is 1. The van der Waals surface area contributed by atoms with Gasteiger partial charge >= 0.3 is 0 Å². The highest BCUT2D eigenvalue weighted by atomic mass is 32.2. The molecule has 188 valence electrons. The van der Waals surface area contributed by atoms with Gasteiger partial charge < -0.3 is 10.1 Å². The van der Waals surface area contributed by atoms with E-state index in [1.54, 1.807) is 12.1 Å². The number of rotatable bonds is 10. The maximum absolute atomic E-state index is 13.2. The number of carbonyl (C=O) groups excluding carboxylic acids is 3. The van der Waals surface area contributed by atoms with Crippen LogP contribution in [0.4, 0.5) is 0 Å². The van der Waals surface area contributed by atoms with Crippen LogP contribution >= 0.6 is 11.8 Å². The van der Waals surface area contributed by atoms with E-state index in [1.807, 2.05) is 59.2 Å². The highest BCUT2D eigenvalue weighted by Crippen LogP contribution is 2.30. The standard InChI is InChI=1S/C27H25N5O4S/c1-36-17-28-23(33)16-37-27-30-29-22(32(27)19-10-3-2-4-11-19)14-7-15-31-25(34)20-12-5-8-18-9-6-13-21(24(18)20)26(31)35/h2-6,8-13H,7,14-17H2,1H3,(H,28,33). The van der Waals surface area contributed by atoms with E-state index >= 15 is 0 Å². The van der Waals surface area contributed by atoms with E-state index in [-0.39, 0.29) is 36.7 Å². The summed E-state index contributed by atoms with van der Waals surface area (Å²) in [6.45, 7) is 0.398. The molecule has 0 spiro atoms. The van der Waals surface area contributed by atoms with Gasteiger partial charge in [0.05, 0.1) is 5.75 Å². The lowest BCUT2D eigenvalue weighted by Gasteiger charge is -2.27. The van der Waals surface area contributed by atoms with Gasteiger partial charge in [0, 0.05) is 42.3 Å². The van der Waals surface area contributed by atoms with Gasteiger partial charge in [0.2, 0.25) is 5.91 Å². The molecular weight excluding hydrogens is 490 g/mol. The molecule has 1 aromatic heterocycles. The SMILES string of the molecule is COCNC(=O)CSc1nnc(CCCN2C(=O)c3cccc4cccc(c34)C2=O)n1-c1ccccc1. The van der Waals surface area contributed by atoms with Crippen molar-refractivity contribution in [1.82, 2.24) is 25.0 Å². The number of nitrogens with one attached hydrogen (secondary N) is 1. The van der Waals surface area contributed by atoms with Crippen LogP contribution in [0.15, 0.2) is 71.9 Å². The molecule has 2 heterocycles. The molecule has 1 aliphatic rings. The molecule has 4 aromatic rings. The van der Waals surface area contributed by atoms with Gasteiger partial charge in [-0.2, -0.15) is 0 Å². The smallest absolute Gasteiger partial charge is 0.261 e. The minimum absolute atomic E-state index is 0.142. The Kier molecular flexibility index (Phi) is 7.29. The summed E-state index contributed by atoms with van der Waals surface area (Å²) < 4.78 is 6.79. The van der Waals surface area contributed by atoms with Gasteiger partial charge in [-0.15, -0.1) is 10.2 Å². The van der Waals surface area contributed by atoms with Crippen molar-refractivity contribution in [3.05, 3.63) is 83.7 Å². The number of methoxy groups -OCH3 is 1. The lowest BCUT2D eigenvalue weighted by Crippen LogP contribution is -2.41. The Morgan fingerprint density at radius 1 is 0.946 bits per heavy atom. The Bertz CT molecular complexity index is 1420. The maximum atomic E-state index is 13.2. The van der Waals surface area contributed by atoms with E-state index < -0.39 is 0 Å². The van der Waals surface area contributed by atoms with Gasteiger partial charge in [0.25, 0.3) is 11.8 Å². The molecule has 0 aliphatic carbocycles. The predicted molar refractivity (Wildman–Crippen MR) is 140 cm³/mol. The maximum Gasteiger partial charge on any atom is 0.261 e. The van der Waals surface area contributed by atoms with Crippen molar-refractivity contribution in [3.8, 4) is 5.69 Å². The Balaban J connectivity index is 1.32. The Morgan fingerprint density at radius 3 is 2.32 bits per heavy atom. The van der Waals surface area contributed by atoms with Gasteiger partial charge in [-0.1, -0.05) is 54.2 Å². The topological polar surface area (TPSA) is 106 Å². The number of nitrogens with zero attached hydrogens (tertiary/aromatic N) is 4. The lowest BCUT2D eigenvalue weighted by molar-refractivity contribution is -0.119. The van der Waals surface area contributed by atoms with Crippen molar-refractivity contribution < 1.29 is 19.1 Å². The van der Waals surface area contributed by atoms with Crippen LogP contribution in [0, 0.1) is 0 Å². The first-order valence-electron chi connectivity index (χ1n) is 11.8. The molecule has 3 aromatic carbocycles. The highest BCUT2D eigenvalue weighted by Gasteiger charge is 2.32. The number of hydrogen-bond acceptors (Lipinski definition) is 7. The first kappa shape index (κ1) is 24.7. The van der Waals surface area contributed by atoms with Crippen LogP contribution in [0.3, 0.4) is 0 Å². The number of ether oxygens (including phenoxy) is 1. The molecule has 1 aliphatic heterocycles. The molecule has 0 saturated carbocycles. The molecule has 3 amide bonds. The van der Waals surface area contributed by atoms with Crippen molar-refractivity contribution in [2.24, 2.45) is 0 Å². The minimum atomic E-state index is -0.280. The van der Waals surface area contributed by atoms with Crippen LogP contribution in [0.2, 0.25) is 0 Å². The van der Waals surface area contributed by atoms with E-state index in [0.717, 1.165) is 16.5 Å². The van der Waals surface area contributed by atoms with Gasteiger partial charge in [-0.05, 0) is 36.1 Å². The number of thioether (sulfide) groups is 1. The second-order valence-corrected chi connectivity index (χ2v) is 9.41. The molecule has 37 heavy (non-hydrogen) atoms. The molecule has 0 bridgehead atoms. The molecule has 10 heteroatoms. The number of amides is 3. The summed E-state index contributed by atoms with van der Waals surface area (Å²) in [4.78, 5) is 39.8. The molecule has 0 unspecified atom stereocenters. The predicted octanol–water partition coefficient (Wildman–Crippen LogP) is 3.46. The van der Waals surface area contributed by atoms with Crippen LogP contribution in [-0.2, 0) is 16.0 Å². The van der Waals surface area contributed by atoms with Gasteiger partial charge in [0.1, 0.15) is 12.6 Å². The third-order valence-corrected chi connectivity index (χ3v) is 7.03. The van der Waals surface area contributed by atoms with Crippen molar-refractivity contribution in [3.63, 3.8) is 0 Å². The molecule has 0 radical (unpaired) electrons. The van der Waals surface area contributed by atoms with E-state index in [4.69, 9.17) is 4.74 Å². The van der Waals surface area contributed by atoms with Crippen LogP contribution in [0.5, 0.6) is 0 Å². The zero-order valence-corrected chi connectivity index (χ0v) is 21.0. The average molecular weight is 516 g/mol. The summed E-state index contributed by atoms with van der Waals surface area (Å²) in [6, 6.07) is 20.7. The van der Waals surface area contributed by atoms with Gasteiger partial charge in [-0.3, -0.25) is 23.9 Å². The number of aromatic nitrogens is 3. The first-order chi connectivity index (χ1) is 18.1. The zero-order chi connectivity index (χ0) is 25.8. The van der Waals surface area contributed by atoms with Crippen LogP contribution in [0.25, 0.3) is 16.5 Å². The summed E-state index contributed by atoms with van der Waals surface area (Å²) in [5.74, 6) is 0.115. The van der Waals surface area contributed by atoms with E-state index in [1.165, 1.54) is 23.8 Å². The van der Waals surface area contributed by atoms with Gasteiger partial charge in [0.15, 0.2) is 5.16 Å². The zero-order valence-electron chi connectivity index (χ0n) is 20.2. The quantitative estimate of drug-likeness (QED) is 0.196. The summed E-state index contributed by atoms with van der Waals surface area (Å²) >= 11 is 1.28. The molecule has 5 rings (SSSR count). The van der Waals surface area contributed by atoms with Gasteiger partial charge in [-0.25, -0.2) is 0 Å². The largest absolute Gasteiger partial charge is 0.364 e. The van der Waals surface area contributed by atoms with Crippen molar-refractivity contribution in [2.75, 3.05) is 26.1 Å². The highest BCUT2D eigenvalue weighted by molar-refractivity contribution is 7.99. The Hall–Kier alpha value is -4.02. The summed E-state index contributed by atoms with van der Waals surface area (Å²) in [5, 5.41) is 13.5. The fourth-order valence-electron chi connectivity index (χ4n) is 4.40. The molecular formula is C27H25N5O4S. The molecule has 0 fully saturated rings.